The second-order valence-electron chi connectivity index (χ2n) is 4.11. The number of nitrogens with zero attached hydrogens (tertiary/aromatic N) is 2. The van der Waals surface area contributed by atoms with Crippen LogP contribution in [0.5, 0.6) is 0 Å². The van der Waals surface area contributed by atoms with Gasteiger partial charge in [-0.25, -0.2) is 0 Å². The van der Waals surface area contributed by atoms with Gasteiger partial charge in [0.1, 0.15) is 5.69 Å². The number of carbonyl (C=O) groups excluding carboxylic acids is 1. The predicted molar refractivity (Wildman–Crippen MR) is 62.6 cm³/mol. The fourth-order valence-electron chi connectivity index (χ4n) is 2.15. The Balaban J connectivity index is 2.10. The Hall–Kier alpha value is -1.03. The van der Waals surface area contributed by atoms with Gasteiger partial charge in [0, 0.05) is 12.6 Å². The lowest BCUT2D eigenvalue weighted by atomic mass is 10.2. The molecule has 0 aliphatic heterocycles. The molecule has 0 atom stereocenters. The molecule has 1 aromatic heterocycles. The van der Waals surface area contributed by atoms with Gasteiger partial charge in [-0.05, 0) is 19.8 Å². The molecule has 0 spiro atoms. The molecule has 0 unspecified atom stereocenters. The van der Waals surface area contributed by atoms with Crippen molar-refractivity contribution in [2.75, 3.05) is 0 Å². The van der Waals surface area contributed by atoms with Gasteiger partial charge < -0.3 is 5.32 Å². The summed E-state index contributed by atoms with van der Waals surface area (Å²) in [5.41, 5.74) is 0.482. The highest BCUT2D eigenvalue weighted by molar-refractivity contribution is 6.33. The number of nitrogens with one attached hydrogen (secondary N) is 1. The lowest BCUT2D eigenvalue weighted by Crippen LogP contribution is -2.34. The molecule has 4 nitrogen and oxygen atoms in total. The van der Waals surface area contributed by atoms with Crippen LogP contribution in [0.1, 0.15) is 43.1 Å². The number of rotatable bonds is 3. The van der Waals surface area contributed by atoms with E-state index in [0.717, 1.165) is 12.8 Å². The van der Waals surface area contributed by atoms with E-state index in [1.165, 1.54) is 19.0 Å². The van der Waals surface area contributed by atoms with Crippen LogP contribution in [0.4, 0.5) is 0 Å². The van der Waals surface area contributed by atoms with Gasteiger partial charge in [-0.1, -0.05) is 24.4 Å². The number of aryl methyl sites for hydroxylation is 1. The van der Waals surface area contributed by atoms with Gasteiger partial charge in [-0.2, -0.15) is 5.10 Å². The number of hydrogen-bond donors (Lipinski definition) is 1. The lowest BCUT2D eigenvalue weighted by Gasteiger charge is -2.12. The van der Waals surface area contributed by atoms with Crippen molar-refractivity contribution < 1.29 is 4.79 Å². The molecule has 1 heterocycles. The largest absolute Gasteiger partial charge is 0.348 e. The molecule has 1 aromatic rings. The van der Waals surface area contributed by atoms with Crippen molar-refractivity contribution in [2.24, 2.45) is 0 Å². The van der Waals surface area contributed by atoms with E-state index in [4.69, 9.17) is 11.6 Å². The Kier molecular flexibility index (Phi) is 3.49. The van der Waals surface area contributed by atoms with Crippen LogP contribution in [0, 0.1) is 0 Å². The first-order valence-corrected chi connectivity index (χ1v) is 6.12. The molecule has 0 aromatic carbocycles. The summed E-state index contributed by atoms with van der Waals surface area (Å²) in [5, 5.41) is 7.49. The SMILES string of the molecule is CCn1ncc(Cl)c1C(=O)NC1CCCC1. The molecule has 88 valence electrons. The summed E-state index contributed by atoms with van der Waals surface area (Å²) in [4.78, 5) is 12.0. The van der Waals surface area contributed by atoms with Crippen molar-refractivity contribution >= 4 is 17.5 Å². The Morgan fingerprint density at radius 3 is 2.94 bits per heavy atom. The molecule has 1 aliphatic carbocycles. The van der Waals surface area contributed by atoms with Crippen LogP contribution in [0.25, 0.3) is 0 Å². The van der Waals surface area contributed by atoms with Gasteiger partial charge in [0.15, 0.2) is 0 Å². The standard InChI is InChI=1S/C11H16ClN3O/c1-2-15-10(9(12)7-13-15)11(16)14-8-5-3-4-6-8/h7-8H,2-6H2,1H3,(H,14,16). The third kappa shape index (κ3) is 2.21. The van der Waals surface area contributed by atoms with Gasteiger partial charge in [0.25, 0.3) is 5.91 Å². The zero-order chi connectivity index (χ0) is 11.5. The maximum atomic E-state index is 12.0. The number of aromatic nitrogens is 2. The van der Waals surface area contributed by atoms with E-state index in [2.05, 4.69) is 10.4 Å². The van der Waals surface area contributed by atoms with E-state index in [9.17, 15) is 4.79 Å². The number of hydrogen-bond acceptors (Lipinski definition) is 2. The summed E-state index contributed by atoms with van der Waals surface area (Å²) in [6.07, 6.45) is 6.07. The first-order chi connectivity index (χ1) is 7.72. The third-order valence-electron chi connectivity index (χ3n) is 3.00. The van der Waals surface area contributed by atoms with E-state index in [1.54, 1.807) is 4.68 Å². The number of carbonyl (C=O) groups is 1. The van der Waals surface area contributed by atoms with E-state index in [0.29, 0.717) is 23.3 Å². The van der Waals surface area contributed by atoms with Crippen LogP contribution in [-0.2, 0) is 6.54 Å². The van der Waals surface area contributed by atoms with Crippen molar-refractivity contribution in [1.29, 1.82) is 0 Å². The summed E-state index contributed by atoms with van der Waals surface area (Å²) < 4.78 is 1.63. The highest BCUT2D eigenvalue weighted by Crippen LogP contribution is 2.20. The molecule has 0 saturated heterocycles. The highest BCUT2D eigenvalue weighted by Gasteiger charge is 2.22. The van der Waals surface area contributed by atoms with Crippen molar-refractivity contribution in [1.82, 2.24) is 15.1 Å². The molecule has 16 heavy (non-hydrogen) atoms. The molecule has 1 aliphatic rings. The molecule has 1 fully saturated rings. The van der Waals surface area contributed by atoms with E-state index >= 15 is 0 Å². The topological polar surface area (TPSA) is 46.9 Å². The predicted octanol–water partition coefficient (Wildman–Crippen LogP) is 2.23. The average Bonchev–Trinajstić information content (AvgIpc) is 2.87. The van der Waals surface area contributed by atoms with Gasteiger partial charge in [0.05, 0.1) is 11.2 Å². The second-order valence-corrected chi connectivity index (χ2v) is 4.52. The summed E-state index contributed by atoms with van der Waals surface area (Å²) in [6.45, 7) is 2.59. The maximum absolute atomic E-state index is 12.0. The molecule has 2 rings (SSSR count). The van der Waals surface area contributed by atoms with Crippen LogP contribution in [0.3, 0.4) is 0 Å². The first-order valence-electron chi connectivity index (χ1n) is 5.74. The van der Waals surface area contributed by atoms with Gasteiger partial charge in [0.2, 0.25) is 0 Å². The molecule has 5 heteroatoms. The summed E-state index contributed by atoms with van der Waals surface area (Å²) in [6, 6.07) is 0.309. The molecule has 0 radical (unpaired) electrons. The van der Waals surface area contributed by atoms with E-state index < -0.39 is 0 Å². The molecule has 1 amide bonds. The van der Waals surface area contributed by atoms with Crippen molar-refractivity contribution in [3.63, 3.8) is 0 Å². The zero-order valence-electron chi connectivity index (χ0n) is 9.37. The molecular weight excluding hydrogens is 226 g/mol. The van der Waals surface area contributed by atoms with Crippen molar-refractivity contribution in [3.8, 4) is 0 Å². The van der Waals surface area contributed by atoms with Crippen LogP contribution < -0.4 is 5.32 Å². The Bertz CT molecular complexity index is 383. The monoisotopic (exact) mass is 241 g/mol. The Morgan fingerprint density at radius 1 is 1.62 bits per heavy atom. The van der Waals surface area contributed by atoms with Gasteiger partial charge >= 0.3 is 0 Å². The lowest BCUT2D eigenvalue weighted by molar-refractivity contribution is 0.0927. The fourth-order valence-corrected chi connectivity index (χ4v) is 2.38. The average molecular weight is 242 g/mol. The Morgan fingerprint density at radius 2 is 2.31 bits per heavy atom. The highest BCUT2D eigenvalue weighted by atomic mass is 35.5. The van der Waals surface area contributed by atoms with Crippen LogP contribution in [-0.4, -0.2) is 21.7 Å². The van der Waals surface area contributed by atoms with Crippen LogP contribution >= 0.6 is 11.6 Å². The van der Waals surface area contributed by atoms with Crippen molar-refractivity contribution in [2.45, 2.75) is 45.2 Å². The fraction of sp³-hybridized carbons (Fsp3) is 0.636. The van der Waals surface area contributed by atoms with Crippen molar-refractivity contribution in [3.05, 3.63) is 16.9 Å². The maximum Gasteiger partial charge on any atom is 0.271 e. The zero-order valence-corrected chi connectivity index (χ0v) is 10.1. The van der Waals surface area contributed by atoms with Gasteiger partial charge in [-0.3, -0.25) is 9.48 Å². The van der Waals surface area contributed by atoms with Gasteiger partial charge in [-0.15, -0.1) is 0 Å². The number of amides is 1. The smallest absolute Gasteiger partial charge is 0.271 e. The molecule has 1 N–H and O–H groups in total. The number of halogens is 1. The quantitative estimate of drug-likeness (QED) is 0.882. The van der Waals surface area contributed by atoms with E-state index in [-0.39, 0.29) is 5.91 Å². The summed E-state index contributed by atoms with van der Waals surface area (Å²) in [7, 11) is 0. The third-order valence-corrected chi connectivity index (χ3v) is 3.28. The minimum atomic E-state index is -0.101. The van der Waals surface area contributed by atoms with Crippen LogP contribution in [0.15, 0.2) is 6.20 Å². The normalized spacial score (nSPS) is 16.6. The molecule has 0 bridgehead atoms. The summed E-state index contributed by atoms with van der Waals surface area (Å²) in [5.74, 6) is -0.101. The first kappa shape index (κ1) is 11.5. The van der Waals surface area contributed by atoms with Crippen LogP contribution in [0.2, 0.25) is 5.02 Å². The molecular formula is C11H16ClN3O. The minimum Gasteiger partial charge on any atom is -0.348 e. The second kappa shape index (κ2) is 4.87. The van der Waals surface area contributed by atoms with E-state index in [1.807, 2.05) is 6.92 Å². The summed E-state index contributed by atoms with van der Waals surface area (Å²) >= 11 is 5.96. The minimum absolute atomic E-state index is 0.101. The Labute approximate surface area is 100.0 Å². The molecule has 1 saturated carbocycles.